The predicted octanol–water partition coefficient (Wildman–Crippen LogP) is 3.20. The van der Waals surface area contributed by atoms with Crippen LogP contribution in [0.3, 0.4) is 0 Å². The first kappa shape index (κ1) is 12.4. The number of hydrogen-bond donors (Lipinski definition) is 1. The minimum atomic E-state index is -0.439. The van der Waals surface area contributed by atoms with Gasteiger partial charge in [0.2, 0.25) is 0 Å². The third kappa shape index (κ3) is 2.48. The number of cyclic esters (lactones) is 1. The second kappa shape index (κ2) is 4.92. The summed E-state index contributed by atoms with van der Waals surface area (Å²) in [5.74, 6) is 0. The van der Waals surface area contributed by atoms with Crippen molar-refractivity contribution in [2.24, 2.45) is 0 Å². The molecule has 0 unspecified atom stereocenters. The lowest BCUT2D eigenvalue weighted by atomic mass is 10.1. The van der Waals surface area contributed by atoms with Gasteiger partial charge in [-0.3, -0.25) is 0 Å². The zero-order valence-corrected chi connectivity index (χ0v) is 9.83. The molecule has 1 amide bonds. The quantitative estimate of drug-likeness (QED) is 0.849. The average Bonchev–Trinajstić information content (AvgIpc) is 2.51. The van der Waals surface area contributed by atoms with Gasteiger partial charge in [0, 0.05) is 15.6 Å². The maximum absolute atomic E-state index is 10.8. The lowest BCUT2D eigenvalue weighted by Gasteiger charge is -2.11. The van der Waals surface area contributed by atoms with Crippen LogP contribution in [0.4, 0.5) is 4.79 Å². The van der Waals surface area contributed by atoms with E-state index < -0.39 is 6.09 Å². The molecular weight excluding hydrogens is 260 g/mol. The number of carbonyl (C=O) groups excluding carboxylic acids is 1. The maximum Gasteiger partial charge on any atom is 0.407 e. The molecule has 0 bridgehead atoms. The third-order valence-corrected chi connectivity index (χ3v) is 2.68. The Balaban J connectivity index is 0.00000112. The molecule has 2 rings (SSSR count). The van der Waals surface area contributed by atoms with Crippen molar-refractivity contribution >= 4 is 41.7 Å². The Hall–Kier alpha value is -0.640. The van der Waals surface area contributed by atoms with E-state index in [0.717, 1.165) is 0 Å². The summed E-state index contributed by atoms with van der Waals surface area (Å²) >= 11 is 11.9. The highest BCUT2D eigenvalue weighted by atomic mass is 35.5. The van der Waals surface area contributed by atoms with Crippen LogP contribution in [-0.2, 0) is 4.74 Å². The van der Waals surface area contributed by atoms with Gasteiger partial charge < -0.3 is 10.1 Å². The van der Waals surface area contributed by atoms with E-state index in [1.807, 2.05) is 0 Å². The summed E-state index contributed by atoms with van der Waals surface area (Å²) in [7, 11) is 0. The fourth-order valence-corrected chi connectivity index (χ4v) is 2.04. The molecule has 1 saturated heterocycles. The summed E-state index contributed by atoms with van der Waals surface area (Å²) in [6.07, 6.45) is -0.439. The summed E-state index contributed by atoms with van der Waals surface area (Å²) in [6, 6.07) is 4.97. The van der Waals surface area contributed by atoms with Gasteiger partial charge in [-0.25, -0.2) is 4.79 Å². The maximum atomic E-state index is 10.8. The Morgan fingerprint density at radius 3 is 2.40 bits per heavy atom. The molecule has 1 aliphatic heterocycles. The average molecular weight is 269 g/mol. The summed E-state index contributed by atoms with van der Waals surface area (Å²) in [5, 5.41) is 3.69. The molecule has 1 aromatic rings. The Morgan fingerprint density at radius 2 is 1.93 bits per heavy atom. The monoisotopic (exact) mass is 267 g/mol. The molecule has 1 heterocycles. The van der Waals surface area contributed by atoms with E-state index in [1.165, 1.54) is 0 Å². The van der Waals surface area contributed by atoms with Gasteiger partial charge in [0.25, 0.3) is 0 Å². The Bertz CT molecular complexity index is 363. The Kier molecular flexibility index (Phi) is 4.08. The van der Waals surface area contributed by atoms with Crippen molar-refractivity contribution in [1.82, 2.24) is 5.32 Å². The molecule has 0 spiro atoms. The molecule has 0 aliphatic carbocycles. The van der Waals surface area contributed by atoms with Crippen molar-refractivity contribution < 1.29 is 9.53 Å². The topological polar surface area (TPSA) is 38.3 Å². The number of alkyl carbamates (subject to hydrolysis) is 1. The largest absolute Gasteiger partial charge is 0.447 e. The number of halogens is 3. The number of hydrogen-bond acceptors (Lipinski definition) is 2. The molecule has 6 heteroatoms. The van der Waals surface area contributed by atoms with Crippen LogP contribution in [0.5, 0.6) is 0 Å². The molecular formula is C9H8Cl3NO2. The van der Waals surface area contributed by atoms with Gasteiger partial charge in [0.1, 0.15) is 6.61 Å². The first-order chi connectivity index (χ1) is 6.68. The number of ether oxygens (including phenoxy) is 1. The lowest BCUT2D eigenvalue weighted by Crippen LogP contribution is -2.18. The molecule has 3 nitrogen and oxygen atoms in total. The van der Waals surface area contributed by atoms with Gasteiger partial charge in [-0.15, -0.1) is 12.4 Å². The number of carbonyl (C=O) groups is 1. The van der Waals surface area contributed by atoms with Crippen LogP contribution < -0.4 is 5.32 Å². The highest BCUT2D eigenvalue weighted by molar-refractivity contribution is 6.36. The van der Waals surface area contributed by atoms with E-state index in [9.17, 15) is 4.79 Å². The van der Waals surface area contributed by atoms with Crippen molar-refractivity contribution in [3.05, 3.63) is 33.8 Å². The second-order valence-corrected chi connectivity index (χ2v) is 3.75. The van der Waals surface area contributed by atoms with Crippen LogP contribution in [0.15, 0.2) is 18.2 Å². The van der Waals surface area contributed by atoms with E-state index in [2.05, 4.69) is 5.32 Å². The molecule has 0 saturated carbocycles. The second-order valence-electron chi connectivity index (χ2n) is 2.93. The third-order valence-electron chi connectivity index (χ3n) is 2.02. The van der Waals surface area contributed by atoms with Crippen molar-refractivity contribution in [2.75, 3.05) is 6.61 Å². The Labute approximate surface area is 103 Å². The van der Waals surface area contributed by atoms with Crippen molar-refractivity contribution in [2.45, 2.75) is 6.04 Å². The standard InChI is InChI=1S/C9H7Cl2NO2.ClH/c10-5-2-1-3-6(11)8(5)7-4-14-9(13)12-7;/h1-3,7H,4H2,(H,12,13);1H/t7-;/m0./s1. The van der Waals surface area contributed by atoms with Gasteiger partial charge >= 0.3 is 6.09 Å². The smallest absolute Gasteiger partial charge is 0.407 e. The number of amides is 1. The van der Waals surface area contributed by atoms with E-state index in [4.69, 9.17) is 27.9 Å². The molecule has 1 aromatic carbocycles. The van der Waals surface area contributed by atoms with E-state index in [1.54, 1.807) is 18.2 Å². The number of nitrogens with one attached hydrogen (secondary N) is 1. The molecule has 1 aliphatic rings. The summed E-state index contributed by atoms with van der Waals surface area (Å²) in [5.41, 5.74) is 0.710. The molecule has 1 atom stereocenters. The minimum absolute atomic E-state index is 0. The van der Waals surface area contributed by atoms with Gasteiger partial charge in [-0.2, -0.15) is 0 Å². The fraction of sp³-hybridized carbons (Fsp3) is 0.222. The highest BCUT2D eigenvalue weighted by Gasteiger charge is 2.27. The summed E-state index contributed by atoms with van der Waals surface area (Å²) in [6.45, 7) is 0.266. The number of benzene rings is 1. The van der Waals surface area contributed by atoms with Gasteiger partial charge in [0.05, 0.1) is 6.04 Å². The predicted molar refractivity (Wildman–Crippen MR) is 60.9 cm³/mol. The molecule has 0 aromatic heterocycles. The van der Waals surface area contributed by atoms with E-state index in [0.29, 0.717) is 15.6 Å². The van der Waals surface area contributed by atoms with Gasteiger partial charge in [0.15, 0.2) is 0 Å². The van der Waals surface area contributed by atoms with Crippen LogP contribution in [0, 0.1) is 0 Å². The first-order valence-electron chi connectivity index (χ1n) is 4.05. The van der Waals surface area contributed by atoms with Crippen LogP contribution in [0.25, 0.3) is 0 Å². The molecule has 82 valence electrons. The Morgan fingerprint density at radius 1 is 1.33 bits per heavy atom. The minimum Gasteiger partial charge on any atom is -0.447 e. The van der Waals surface area contributed by atoms with Gasteiger partial charge in [-0.05, 0) is 12.1 Å². The summed E-state index contributed by atoms with van der Waals surface area (Å²) < 4.78 is 4.76. The number of rotatable bonds is 1. The van der Waals surface area contributed by atoms with Crippen molar-refractivity contribution in [3.63, 3.8) is 0 Å². The fourth-order valence-electron chi connectivity index (χ4n) is 1.38. The highest BCUT2D eigenvalue weighted by Crippen LogP contribution is 2.31. The van der Waals surface area contributed by atoms with Crippen LogP contribution in [0.2, 0.25) is 10.0 Å². The molecule has 1 fully saturated rings. The van der Waals surface area contributed by atoms with Gasteiger partial charge in [-0.1, -0.05) is 29.3 Å². The van der Waals surface area contributed by atoms with Crippen LogP contribution in [-0.4, -0.2) is 12.7 Å². The zero-order chi connectivity index (χ0) is 10.1. The van der Waals surface area contributed by atoms with Crippen LogP contribution >= 0.6 is 35.6 Å². The zero-order valence-electron chi connectivity index (χ0n) is 7.50. The molecule has 1 N–H and O–H groups in total. The van der Waals surface area contributed by atoms with Crippen molar-refractivity contribution in [3.8, 4) is 0 Å². The van der Waals surface area contributed by atoms with E-state index >= 15 is 0 Å². The first-order valence-corrected chi connectivity index (χ1v) is 4.81. The lowest BCUT2D eigenvalue weighted by molar-refractivity contribution is 0.177. The molecule has 15 heavy (non-hydrogen) atoms. The SMILES string of the molecule is Cl.O=C1N[C@H](c2c(Cl)cccc2Cl)CO1. The van der Waals surface area contributed by atoms with Crippen molar-refractivity contribution in [1.29, 1.82) is 0 Å². The molecule has 0 radical (unpaired) electrons. The normalized spacial score (nSPS) is 19.1. The van der Waals surface area contributed by atoms with Crippen LogP contribution in [0.1, 0.15) is 11.6 Å². The summed E-state index contributed by atoms with van der Waals surface area (Å²) in [4.78, 5) is 10.8. The van der Waals surface area contributed by atoms with E-state index in [-0.39, 0.29) is 25.1 Å².